The fourth-order valence-electron chi connectivity index (χ4n) is 2.84. The van der Waals surface area contributed by atoms with E-state index in [4.69, 9.17) is 18.6 Å². The molecule has 3 rings (SSSR count). The van der Waals surface area contributed by atoms with Gasteiger partial charge in [0.1, 0.15) is 28.2 Å². The summed E-state index contributed by atoms with van der Waals surface area (Å²) in [4.78, 5) is 12.5. The maximum absolute atomic E-state index is 12.5. The highest BCUT2D eigenvalue weighted by molar-refractivity contribution is 5.86. The highest BCUT2D eigenvalue weighted by atomic mass is 16.5. The van der Waals surface area contributed by atoms with Crippen molar-refractivity contribution >= 4 is 11.0 Å². The van der Waals surface area contributed by atoms with Gasteiger partial charge < -0.3 is 23.7 Å². The Morgan fingerprint density at radius 1 is 0.889 bits per heavy atom. The molecule has 0 radical (unpaired) electrons. The Balaban J connectivity index is 2.13. The van der Waals surface area contributed by atoms with Gasteiger partial charge in [0.2, 0.25) is 0 Å². The lowest BCUT2D eigenvalue weighted by Crippen LogP contribution is -2.02. The second-order valence-electron chi connectivity index (χ2n) is 5.75. The Hall–Kier alpha value is -3.15. The number of hydrogen-bond donors (Lipinski definition) is 1. The molecule has 0 bridgehead atoms. The van der Waals surface area contributed by atoms with E-state index in [0.717, 1.165) is 0 Å². The molecule has 6 heteroatoms. The van der Waals surface area contributed by atoms with E-state index >= 15 is 0 Å². The second kappa shape index (κ2) is 8.03. The van der Waals surface area contributed by atoms with E-state index < -0.39 is 0 Å². The highest BCUT2D eigenvalue weighted by Gasteiger charge is 2.14. The third-order valence-corrected chi connectivity index (χ3v) is 3.92. The van der Waals surface area contributed by atoms with E-state index in [1.165, 1.54) is 12.1 Å². The van der Waals surface area contributed by atoms with Gasteiger partial charge in [-0.2, -0.15) is 0 Å². The van der Waals surface area contributed by atoms with E-state index in [2.05, 4.69) is 0 Å². The fraction of sp³-hybridized carbons (Fsp3) is 0.286. The van der Waals surface area contributed by atoms with E-state index in [1.54, 1.807) is 24.3 Å². The number of fused-ring (bicyclic) bond motifs is 1. The van der Waals surface area contributed by atoms with Crippen molar-refractivity contribution in [2.24, 2.45) is 0 Å². The molecule has 1 aromatic heterocycles. The molecule has 142 valence electrons. The molecule has 0 amide bonds. The van der Waals surface area contributed by atoms with Crippen LogP contribution in [0.1, 0.15) is 20.8 Å². The number of aromatic hydroxyl groups is 1. The fourth-order valence-corrected chi connectivity index (χ4v) is 2.84. The van der Waals surface area contributed by atoms with Gasteiger partial charge in [-0.25, -0.2) is 0 Å². The summed E-state index contributed by atoms with van der Waals surface area (Å²) < 4.78 is 22.5. The Morgan fingerprint density at radius 3 is 2.30 bits per heavy atom. The first-order valence-corrected chi connectivity index (χ1v) is 8.91. The van der Waals surface area contributed by atoms with Crippen molar-refractivity contribution in [2.75, 3.05) is 19.8 Å². The van der Waals surface area contributed by atoms with Crippen LogP contribution >= 0.6 is 0 Å². The average molecular weight is 370 g/mol. The summed E-state index contributed by atoms with van der Waals surface area (Å²) in [5.41, 5.74) is 0.591. The lowest BCUT2D eigenvalue weighted by atomic mass is 10.1. The highest BCUT2D eigenvalue weighted by Crippen LogP contribution is 2.35. The summed E-state index contributed by atoms with van der Waals surface area (Å²) in [5.74, 6) is 1.83. The minimum Gasteiger partial charge on any atom is -0.507 e. The van der Waals surface area contributed by atoms with Gasteiger partial charge in [-0.15, -0.1) is 0 Å². The van der Waals surface area contributed by atoms with Crippen LogP contribution in [-0.4, -0.2) is 24.9 Å². The lowest BCUT2D eigenvalue weighted by molar-refractivity contribution is 0.288. The Kier molecular flexibility index (Phi) is 5.54. The third-order valence-electron chi connectivity index (χ3n) is 3.92. The van der Waals surface area contributed by atoms with Crippen LogP contribution in [0.25, 0.3) is 22.3 Å². The van der Waals surface area contributed by atoms with Crippen molar-refractivity contribution < 1.29 is 23.7 Å². The smallest absolute Gasteiger partial charge is 0.197 e. The number of hydrogen-bond acceptors (Lipinski definition) is 6. The molecule has 0 aliphatic rings. The van der Waals surface area contributed by atoms with Gasteiger partial charge in [0.05, 0.1) is 19.8 Å². The molecule has 1 N–H and O–H groups in total. The quantitative estimate of drug-likeness (QED) is 0.666. The Morgan fingerprint density at radius 2 is 1.59 bits per heavy atom. The molecule has 0 saturated carbocycles. The number of phenolic OH excluding ortho intramolecular Hbond substituents is 1. The van der Waals surface area contributed by atoms with Gasteiger partial charge >= 0.3 is 0 Å². The predicted molar refractivity (Wildman–Crippen MR) is 103 cm³/mol. The molecular formula is C21H22O6. The molecule has 0 atom stereocenters. The maximum atomic E-state index is 12.5. The van der Waals surface area contributed by atoms with Crippen molar-refractivity contribution in [3.63, 3.8) is 0 Å². The predicted octanol–water partition coefficient (Wildman–Crippen LogP) is 4.36. The minimum absolute atomic E-state index is 0.123. The number of ether oxygens (including phenoxy) is 3. The van der Waals surface area contributed by atoms with Crippen molar-refractivity contribution in [1.82, 2.24) is 0 Å². The number of phenols is 1. The third kappa shape index (κ3) is 3.84. The van der Waals surface area contributed by atoms with Crippen LogP contribution < -0.4 is 19.6 Å². The number of benzene rings is 2. The molecule has 0 saturated heterocycles. The van der Waals surface area contributed by atoms with Gasteiger partial charge in [0, 0.05) is 23.8 Å². The Labute approximate surface area is 156 Å². The van der Waals surface area contributed by atoms with Crippen molar-refractivity contribution in [3.8, 4) is 34.3 Å². The van der Waals surface area contributed by atoms with E-state index in [1.807, 2.05) is 20.8 Å². The summed E-state index contributed by atoms with van der Waals surface area (Å²) in [6.07, 6.45) is 0. The van der Waals surface area contributed by atoms with Crippen molar-refractivity contribution in [2.45, 2.75) is 20.8 Å². The number of rotatable bonds is 7. The first kappa shape index (κ1) is 18.6. The molecule has 0 aliphatic carbocycles. The van der Waals surface area contributed by atoms with Crippen LogP contribution in [0, 0.1) is 0 Å². The molecular weight excluding hydrogens is 348 g/mol. The second-order valence-corrected chi connectivity index (χ2v) is 5.75. The van der Waals surface area contributed by atoms with Gasteiger partial charge in [-0.3, -0.25) is 4.79 Å². The minimum atomic E-state index is -0.335. The topological polar surface area (TPSA) is 78.1 Å². The van der Waals surface area contributed by atoms with Crippen LogP contribution in [-0.2, 0) is 0 Å². The normalized spacial score (nSPS) is 10.8. The molecule has 3 aromatic rings. The molecule has 0 spiro atoms. The zero-order chi connectivity index (χ0) is 19.4. The standard InChI is InChI=1S/C21H22O6/c1-4-24-14-10-15(22)21-16(23)12-18(27-20(21)11-14)13-7-8-17(25-5-2)19(9-13)26-6-3/h7-12,22H,4-6H2,1-3H3. The van der Waals surface area contributed by atoms with Crippen LogP contribution in [0.5, 0.6) is 23.0 Å². The van der Waals surface area contributed by atoms with E-state index in [0.29, 0.717) is 48.4 Å². The molecule has 0 unspecified atom stereocenters. The SMILES string of the molecule is CCOc1cc(O)c2c(=O)cc(-c3ccc(OCC)c(OCC)c3)oc2c1. The molecule has 0 fully saturated rings. The lowest BCUT2D eigenvalue weighted by Gasteiger charge is -2.12. The Bertz CT molecular complexity index is 1010. The first-order valence-electron chi connectivity index (χ1n) is 8.91. The van der Waals surface area contributed by atoms with Crippen LogP contribution in [0.4, 0.5) is 0 Å². The van der Waals surface area contributed by atoms with Crippen LogP contribution in [0.3, 0.4) is 0 Å². The summed E-state index contributed by atoms with van der Waals surface area (Å²) in [5, 5.41) is 10.3. The van der Waals surface area contributed by atoms with Crippen molar-refractivity contribution in [3.05, 3.63) is 46.6 Å². The van der Waals surface area contributed by atoms with E-state index in [-0.39, 0.29) is 22.1 Å². The van der Waals surface area contributed by atoms with Crippen LogP contribution in [0.2, 0.25) is 0 Å². The maximum Gasteiger partial charge on any atom is 0.197 e. The molecule has 0 aliphatic heterocycles. The first-order chi connectivity index (χ1) is 13.1. The van der Waals surface area contributed by atoms with Gasteiger partial charge in [-0.1, -0.05) is 0 Å². The summed E-state index contributed by atoms with van der Waals surface area (Å²) in [6.45, 7) is 7.06. The molecule has 27 heavy (non-hydrogen) atoms. The summed E-state index contributed by atoms with van der Waals surface area (Å²) >= 11 is 0. The average Bonchev–Trinajstić information content (AvgIpc) is 2.63. The molecule has 6 nitrogen and oxygen atoms in total. The van der Waals surface area contributed by atoms with Gasteiger partial charge in [0.25, 0.3) is 0 Å². The van der Waals surface area contributed by atoms with Crippen LogP contribution in [0.15, 0.2) is 45.6 Å². The van der Waals surface area contributed by atoms with Gasteiger partial charge in [0.15, 0.2) is 16.9 Å². The molecule has 1 heterocycles. The molecule has 2 aromatic carbocycles. The summed E-state index contributed by atoms with van der Waals surface area (Å²) in [7, 11) is 0. The monoisotopic (exact) mass is 370 g/mol. The van der Waals surface area contributed by atoms with E-state index in [9.17, 15) is 9.90 Å². The van der Waals surface area contributed by atoms with Gasteiger partial charge in [-0.05, 0) is 39.0 Å². The van der Waals surface area contributed by atoms with Crippen molar-refractivity contribution in [1.29, 1.82) is 0 Å². The zero-order valence-corrected chi connectivity index (χ0v) is 15.6. The zero-order valence-electron chi connectivity index (χ0n) is 15.6. The summed E-state index contributed by atoms with van der Waals surface area (Å²) in [6, 6.07) is 9.71. The largest absolute Gasteiger partial charge is 0.507 e.